The average Bonchev–Trinajstić information content (AvgIpc) is 3.29. The van der Waals surface area contributed by atoms with Gasteiger partial charge >= 0.3 is 0 Å². The van der Waals surface area contributed by atoms with Gasteiger partial charge in [0.2, 0.25) is 5.91 Å². The van der Waals surface area contributed by atoms with Gasteiger partial charge in [-0.1, -0.05) is 32.0 Å². The zero-order valence-electron chi connectivity index (χ0n) is 19.4. The molecule has 2 aromatic heterocycles. The molecule has 2 amide bonds. The Balaban J connectivity index is 1.36. The number of carbonyl (C=O) groups is 2. The molecule has 0 bridgehead atoms. The number of benzene rings is 1. The Kier molecular flexibility index (Phi) is 6.72. The maximum absolute atomic E-state index is 13.0. The van der Waals surface area contributed by atoms with Crippen molar-refractivity contribution in [2.75, 3.05) is 36.4 Å². The zero-order valence-corrected chi connectivity index (χ0v) is 19.4. The first-order valence-electron chi connectivity index (χ1n) is 11.3. The van der Waals surface area contributed by atoms with Gasteiger partial charge in [-0.05, 0) is 36.6 Å². The van der Waals surface area contributed by atoms with E-state index in [2.05, 4.69) is 39.2 Å². The summed E-state index contributed by atoms with van der Waals surface area (Å²) < 4.78 is 1.72. The third kappa shape index (κ3) is 5.39. The Hall–Kier alpha value is -3.68. The van der Waals surface area contributed by atoms with Crippen molar-refractivity contribution in [3.63, 3.8) is 0 Å². The monoisotopic (exact) mass is 446 g/mol. The minimum Gasteiger partial charge on any atom is -0.368 e. The number of para-hydroxylation sites is 1. The summed E-state index contributed by atoms with van der Waals surface area (Å²) in [4.78, 5) is 37.8. The quantitative estimate of drug-likeness (QED) is 0.626. The highest BCUT2D eigenvalue weighted by atomic mass is 16.2. The van der Waals surface area contributed by atoms with E-state index < -0.39 is 0 Å². The standard InChI is InChI=1S/C25H30N6O2/c1-18(2)14-24(32)28-20-8-9-23(26-15-20)31-16-21(27-17-31)25(33)30-12-10-29(11-13-30)22-7-5-4-6-19(22)3/h4-9,15-18H,10-14H2,1-3H3,(H,28,32). The number of piperazine rings is 1. The average molecular weight is 447 g/mol. The van der Waals surface area contributed by atoms with E-state index >= 15 is 0 Å². The Morgan fingerprint density at radius 3 is 2.45 bits per heavy atom. The molecule has 0 saturated carbocycles. The van der Waals surface area contributed by atoms with Crippen molar-refractivity contribution < 1.29 is 9.59 Å². The minimum atomic E-state index is -0.0734. The molecule has 8 heteroatoms. The first-order chi connectivity index (χ1) is 15.9. The maximum Gasteiger partial charge on any atom is 0.274 e. The summed E-state index contributed by atoms with van der Waals surface area (Å²) in [6.07, 6.45) is 5.37. The lowest BCUT2D eigenvalue weighted by Crippen LogP contribution is -2.49. The highest BCUT2D eigenvalue weighted by Crippen LogP contribution is 2.21. The molecular formula is C25H30N6O2. The largest absolute Gasteiger partial charge is 0.368 e. The lowest BCUT2D eigenvalue weighted by atomic mass is 10.1. The fourth-order valence-electron chi connectivity index (χ4n) is 3.98. The number of anilines is 2. The summed E-state index contributed by atoms with van der Waals surface area (Å²) in [5.74, 6) is 0.825. The van der Waals surface area contributed by atoms with Gasteiger partial charge in [0.15, 0.2) is 0 Å². The van der Waals surface area contributed by atoms with Crippen LogP contribution < -0.4 is 10.2 Å². The molecule has 3 heterocycles. The number of aromatic nitrogens is 3. The summed E-state index contributed by atoms with van der Waals surface area (Å²) in [7, 11) is 0. The Bertz CT molecular complexity index is 1110. The molecule has 3 aromatic rings. The maximum atomic E-state index is 13.0. The molecule has 0 atom stereocenters. The van der Waals surface area contributed by atoms with Gasteiger partial charge in [0.1, 0.15) is 17.8 Å². The second-order valence-electron chi connectivity index (χ2n) is 8.78. The van der Waals surface area contributed by atoms with E-state index in [1.54, 1.807) is 35.4 Å². The molecular weight excluding hydrogens is 416 g/mol. The number of imidazole rings is 1. The van der Waals surface area contributed by atoms with Crippen LogP contribution in [0.2, 0.25) is 0 Å². The molecule has 172 valence electrons. The van der Waals surface area contributed by atoms with Crippen LogP contribution in [0.3, 0.4) is 0 Å². The van der Waals surface area contributed by atoms with E-state index in [0.29, 0.717) is 42.6 Å². The molecule has 0 aliphatic carbocycles. The van der Waals surface area contributed by atoms with Gasteiger partial charge in [-0.15, -0.1) is 0 Å². The van der Waals surface area contributed by atoms with Gasteiger partial charge in [-0.3, -0.25) is 14.2 Å². The second-order valence-corrected chi connectivity index (χ2v) is 8.78. The van der Waals surface area contributed by atoms with Crippen LogP contribution in [-0.4, -0.2) is 57.4 Å². The third-order valence-electron chi connectivity index (χ3n) is 5.71. The number of aryl methyl sites for hydroxylation is 1. The van der Waals surface area contributed by atoms with Gasteiger partial charge < -0.3 is 15.1 Å². The molecule has 1 N–H and O–H groups in total. The highest BCUT2D eigenvalue weighted by Gasteiger charge is 2.24. The fraction of sp³-hybridized carbons (Fsp3) is 0.360. The van der Waals surface area contributed by atoms with Crippen molar-refractivity contribution in [3.8, 4) is 5.82 Å². The fourth-order valence-corrected chi connectivity index (χ4v) is 3.98. The first-order valence-corrected chi connectivity index (χ1v) is 11.3. The van der Waals surface area contributed by atoms with Crippen molar-refractivity contribution in [3.05, 3.63) is 66.4 Å². The molecule has 0 spiro atoms. The Labute approximate surface area is 194 Å². The van der Waals surface area contributed by atoms with Crippen molar-refractivity contribution in [2.45, 2.75) is 27.2 Å². The van der Waals surface area contributed by atoms with Crippen LogP contribution in [0.5, 0.6) is 0 Å². The van der Waals surface area contributed by atoms with Crippen LogP contribution >= 0.6 is 0 Å². The number of amides is 2. The molecule has 1 aliphatic rings. The van der Waals surface area contributed by atoms with Crippen molar-refractivity contribution in [1.29, 1.82) is 0 Å². The van der Waals surface area contributed by atoms with E-state index in [1.807, 2.05) is 30.9 Å². The molecule has 1 saturated heterocycles. The van der Waals surface area contributed by atoms with Crippen molar-refractivity contribution in [1.82, 2.24) is 19.4 Å². The summed E-state index contributed by atoms with van der Waals surface area (Å²) in [6.45, 7) is 9.02. The van der Waals surface area contributed by atoms with Crippen LogP contribution in [0.4, 0.5) is 11.4 Å². The number of nitrogens with zero attached hydrogens (tertiary/aromatic N) is 5. The van der Waals surface area contributed by atoms with E-state index in [-0.39, 0.29) is 11.8 Å². The van der Waals surface area contributed by atoms with Crippen LogP contribution in [0.25, 0.3) is 5.82 Å². The molecule has 0 radical (unpaired) electrons. The minimum absolute atomic E-state index is 0.0300. The summed E-state index contributed by atoms with van der Waals surface area (Å²) in [5.41, 5.74) is 3.51. The van der Waals surface area contributed by atoms with Crippen LogP contribution in [-0.2, 0) is 4.79 Å². The van der Waals surface area contributed by atoms with Crippen molar-refractivity contribution in [2.24, 2.45) is 5.92 Å². The molecule has 33 heavy (non-hydrogen) atoms. The number of carbonyl (C=O) groups excluding carboxylic acids is 2. The van der Waals surface area contributed by atoms with Gasteiger partial charge in [0.25, 0.3) is 5.91 Å². The second kappa shape index (κ2) is 9.85. The van der Waals surface area contributed by atoms with Gasteiger partial charge in [-0.2, -0.15) is 0 Å². The molecule has 1 aromatic carbocycles. The third-order valence-corrected chi connectivity index (χ3v) is 5.71. The van der Waals surface area contributed by atoms with Crippen molar-refractivity contribution >= 4 is 23.2 Å². The number of nitrogens with one attached hydrogen (secondary N) is 1. The lowest BCUT2D eigenvalue weighted by molar-refractivity contribution is -0.116. The number of pyridine rings is 1. The van der Waals surface area contributed by atoms with E-state index in [9.17, 15) is 9.59 Å². The molecule has 8 nitrogen and oxygen atoms in total. The highest BCUT2D eigenvalue weighted by molar-refractivity contribution is 5.92. The lowest BCUT2D eigenvalue weighted by Gasteiger charge is -2.36. The Morgan fingerprint density at radius 2 is 1.79 bits per heavy atom. The van der Waals surface area contributed by atoms with Crippen LogP contribution in [0.1, 0.15) is 36.3 Å². The summed E-state index contributed by atoms with van der Waals surface area (Å²) in [6, 6.07) is 11.9. The van der Waals surface area contributed by atoms with Gasteiger partial charge in [-0.25, -0.2) is 9.97 Å². The van der Waals surface area contributed by atoms with Gasteiger partial charge in [0, 0.05) is 44.5 Å². The zero-order chi connectivity index (χ0) is 23.4. The van der Waals surface area contributed by atoms with Crippen LogP contribution in [0.15, 0.2) is 55.1 Å². The summed E-state index contributed by atoms with van der Waals surface area (Å²) in [5, 5.41) is 2.85. The van der Waals surface area contributed by atoms with E-state index in [1.165, 1.54) is 11.3 Å². The van der Waals surface area contributed by atoms with Crippen LogP contribution in [0, 0.1) is 12.8 Å². The first kappa shape index (κ1) is 22.5. The topological polar surface area (TPSA) is 83.4 Å². The molecule has 1 aliphatic heterocycles. The smallest absolute Gasteiger partial charge is 0.274 e. The SMILES string of the molecule is Cc1ccccc1N1CCN(C(=O)c2cn(-c3ccc(NC(=O)CC(C)C)cn3)cn2)CC1. The normalized spacial score (nSPS) is 13.9. The predicted octanol–water partition coefficient (Wildman–Crippen LogP) is 3.52. The number of rotatable bonds is 6. The Morgan fingerprint density at radius 1 is 1.03 bits per heavy atom. The number of hydrogen-bond acceptors (Lipinski definition) is 5. The summed E-state index contributed by atoms with van der Waals surface area (Å²) >= 11 is 0. The predicted molar refractivity (Wildman–Crippen MR) is 129 cm³/mol. The number of hydrogen-bond donors (Lipinski definition) is 1. The molecule has 1 fully saturated rings. The van der Waals surface area contributed by atoms with E-state index in [0.717, 1.165) is 13.1 Å². The van der Waals surface area contributed by atoms with E-state index in [4.69, 9.17) is 0 Å². The molecule has 0 unspecified atom stereocenters. The van der Waals surface area contributed by atoms with Gasteiger partial charge in [0.05, 0.1) is 11.9 Å². The molecule has 4 rings (SSSR count).